The molecule has 0 saturated carbocycles. The van der Waals surface area contributed by atoms with E-state index in [1.54, 1.807) is 49.4 Å². The minimum absolute atomic E-state index is 0.140. The van der Waals surface area contributed by atoms with Gasteiger partial charge >= 0.3 is 0 Å². The molecule has 25 heavy (non-hydrogen) atoms. The quantitative estimate of drug-likeness (QED) is 0.714. The minimum atomic E-state index is -0.310. The van der Waals surface area contributed by atoms with E-state index in [-0.39, 0.29) is 12.5 Å². The van der Waals surface area contributed by atoms with E-state index in [0.717, 1.165) is 5.56 Å². The molecule has 0 aliphatic heterocycles. The highest BCUT2D eigenvalue weighted by Crippen LogP contribution is 2.25. The van der Waals surface area contributed by atoms with Crippen LogP contribution >= 0.6 is 23.2 Å². The van der Waals surface area contributed by atoms with Crippen LogP contribution < -0.4 is 10.1 Å². The van der Waals surface area contributed by atoms with Gasteiger partial charge in [0.2, 0.25) is 11.8 Å². The third-order valence-corrected chi connectivity index (χ3v) is 3.94. The number of hydrogen-bond donors (Lipinski definition) is 1. The number of carbonyl (C=O) groups is 1. The number of aromatic nitrogens is 2. The molecule has 2 aromatic carbocycles. The number of nitrogens with zero attached hydrogens (tertiary/aromatic N) is 2. The summed E-state index contributed by atoms with van der Waals surface area (Å²) in [4.78, 5) is 11.9. The van der Waals surface area contributed by atoms with Gasteiger partial charge in [0.15, 0.2) is 6.61 Å². The summed E-state index contributed by atoms with van der Waals surface area (Å²) in [6.45, 7) is 1.58. The summed E-state index contributed by atoms with van der Waals surface area (Å²) in [5, 5.41) is 11.2. The number of amides is 1. The first-order valence-electron chi connectivity index (χ1n) is 7.29. The van der Waals surface area contributed by atoms with Gasteiger partial charge in [-0.3, -0.25) is 4.79 Å². The monoisotopic (exact) mass is 377 g/mol. The zero-order chi connectivity index (χ0) is 17.8. The number of ether oxygens (including phenoxy) is 1. The molecule has 1 amide bonds. The molecule has 3 aromatic rings. The van der Waals surface area contributed by atoms with E-state index >= 15 is 0 Å². The van der Waals surface area contributed by atoms with Crippen LogP contribution in [0.2, 0.25) is 10.0 Å². The van der Waals surface area contributed by atoms with Crippen LogP contribution in [0.4, 0.5) is 5.69 Å². The first kappa shape index (κ1) is 17.3. The Bertz CT molecular complexity index is 894. The summed E-state index contributed by atoms with van der Waals surface area (Å²) < 4.78 is 10.8. The van der Waals surface area contributed by atoms with Gasteiger partial charge in [-0.2, -0.15) is 0 Å². The summed E-state index contributed by atoms with van der Waals surface area (Å²) >= 11 is 11.7. The van der Waals surface area contributed by atoms with Gasteiger partial charge in [-0.25, -0.2) is 0 Å². The van der Waals surface area contributed by atoms with E-state index in [4.69, 9.17) is 32.4 Å². The smallest absolute Gasteiger partial charge is 0.262 e. The van der Waals surface area contributed by atoms with Crippen molar-refractivity contribution in [2.45, 2.75) is 6.92 Å². The molecule has 0 atom stereocenters. The fourth-order valence-electron chi connectivity index (χ4n) is 2.03. The van der Waals surface area contributed by atoms with Gasteiger partial charge < -0.3 is 14.5 Å². The van der Waals surface area contributed by atoms with E-state index in [1.165, 1.54) is 0 Å². The van der Waals surface area contributed by atoms with Gasteiger partial charge in [0.1, 0.15) is 5.75 Å². The molecule has 8 heteroatoms. The lowest BCUT2D eigenvalue weighted by atomic mass is 10.2. The first-order valence-corrected chi connectivity index (χ1v) is 8.05. The Hall–Kier alpha value is -2.57. The maximum absolute atomic E-state index is 11.9. The summed E-state index contributed by atoms with van der Waals surface area (Å²) in [6.07, 6.45) is 0. The van der Waals surface area contributed by atoms with Crippen molar-refractivity contribution in [2.75, 3.05) is 11.9 Å². The number of benzene rings is 2. The van der Waals surface area contributed by atoms with Gasteiger partial charge in [-0.15, -0.1) is 10.2 Å². The van der Waals surface area contributed by atoms with E-state index in [0.29, 0.717) is 33.3 Å². The second-order valence-electron chi connectivity index (χ2n) is 5.12. The normalized spacial score (nSPS) is 10.5. The Morgan fingerprint density at radius 1 is 1.12 bits per heavy atom. The predicted octanol–water partition coefficient (Wildman–Crippen LogP) is 4.37. The molecule has 1 N–H and O–H groups in total. The molecule has 1 heterocycles. The third kappa shape index (κ3) is 4.49. The van der Waals surface area contributed by atoms with Crippen LogP contribution in [0.1, 0.15) is 5.89 Å². The van der Waals surface area contributed by atoms with Crippen molar-refractivity contribution in [3.05, 3.63) is 58.4 Å². The van der Waals surface area contributed by atoms with Crippen molar-refractivity contribution in [3.63, 3.8) is 0 Å². The zero-order valence-electron chi connectivity index (χ0n) is 13.1. The molecule has 0 aliphatic rings. The average Bonchev–Trinajstić information content (AvgIpc) is 3.03. The highest BCUT2D eigenvalue weighted by molar-refractivity contribution is 6.42. The Morgan fingerprint density at radius 3 is 2.52 bits per heavy atom. The molecule has 0 fully saturated rings. The largest absolute Gasteiger partial charge is 0.484 e. The molecule has 0 unspecified atom stereocenters. The van der Waals surface area contributed by atoms with E-state index in [2.05, 4.69) is 15.5 Å². The number of hydrogen-bond acceptors (Lipinski definition) is 5. The van der Waals surface area contributed by atoms with Crippen molar-refractivity contribution >= 4 is 34.8 Å². The van der Waals surface area contributed by atoms with Crippen molar-refractivity contribution in [1.29, 1.82) is 0 Å². The van der Waals surface area contributed by atoms with Crippen LogP contribution in [0.5, 0.6) is 5.75 Å². The molecule has 0 aliphatic carbocycles. The fourth-order valence-corrected chi connectivity index (χ4v) is 2.32. The van der Waals surface area contributed by atoms with E-state index in [9.17, 15) is 4.79 Å². The van der Waals surface area contributed by atoms with Crippen LogP contribution in [0.3, 0.4) is 0 Å². The fraction of sp³-hybridized carbons (Fsp3) is 0.118. The summed E-state index contributed by atoms with van der Waals surface area (Å²) in [7, 11) is 0. The minimum Gasteiger partial charge on any atom is -0.484 e. The summed E-state index contributed by atoms with van der Waals surface area (Å²) in [5.41, 5.74) is 1.32. The van der Waals surface area contributed by atoms with Crippen LogP contribution in [0, 0.1) is 6.92 Å². The molecule has 1 aromatic heterocycles. The van der Waals surface area contributed by atoms with Crippen molar-refractivity contribution in [1.82, 2.24) is 10.2 Å². The third-order valence-electron chi connectivity index (χ3n) is 3.20. The van der Waals surface area contributed by atoms with E-state index in [1.807, 2.05) is 0 Å². The number of rotatable bonds is 5. The Morgan fingerprint density at radius 2 is 1.88 bits per heavy atom. The Labute approximate surface area is 153 Å². The molecule has 3 rings (SSSR count). The van der Waals surface area contributed by atoms with Crippen molar-refractivity contribution < 1.29 is 13.9 Å². The molecule has 0 spiro atoms. The van der Waals surface area contributed by atoms with Crippen LogP contribution in [0.15, 0.2) is 46.9 Å². The number of anilines is 1. The lowest BCUT2D eigenvalue weighted by Gasteiger charge is -2.08. The average molecular weight is 378 g/mol. The Balaban J connectivity index is 1.55. The van der Waals surface area contributed by atoms with Crippen LogP contribution in [-0.2, 0) is 4.79 Å². The lowest BCUT2D eigenvalue weighted by molar-refractivity contribution is -0.118. The molecule has 0 saturated heterocycles. The SMILES string of the molecule is Cc1nnc(-c2ccc(OCC(=O)Nc3ccc(Cl)c(Cl)c3)cc2)o1. The second-order valence-corrected chi connectivity index (χ2v) is 5.93. The number of nitrogens with one attached hydrogen (secondary N) is 1. The topological polar surface area (TPSA) is 77.2 Å². The summed E-state index contributed by atoms with van der Waals surface area (Å²) in [6, 6.07) is 11.8. The van der Waals surface area contributed by atoms with Gasteiger partial charge in [0.05, 0.1) is 10.0 Å². The van der Waals surface area contributed by atoms with Crippen LogP contribution in [-0.4, -0.2) is 22.7 Å². The van der Waals surface area contributed by atoms with Crippen molar-refractivity contribution in [3.8, 4) is 17.2 Å². The van der Waals surface area contributed by atoms with E-state index < -0.39 is 0 Å². The standard InChI is InChI=1S/C17H13Cl2N3O3/c1-10-21-22-17(25-10)11-2-5-13(6-3-11)24-9-16(23)20-12-4-7-14(18)15(19)8-12/h2-8H,9H2,1H3,(H,20,23). The number of aryl methyl sites for hydroxylation is 1. The summed E-state index contributed by atoms with van der Waals surface area (Å²) in [5.74, 6) is 1.16. The second kappa shape index (κ2) is 7.55. The molecule has 0 bridgehead atoms. The number of carbonyl (C=O) groups excluding carboxylic acids is 1. The maximum Gasteiger partial charge on any atom is 0.262 e. The lowest BCUT2D eigenvalue weighted by Crippen LogP contribution is -2.20. The molecular formula is C17H13Cl2N3O3. The van der Waals surface area contributed by atoms with Gasteiger partial charge in [0.25, 0.3) is 5.91 Å². The van der Waals surface area contributed by atoms with Gasteiger partial charge in [-0.1, -0.05) is 23.2 Å². The maximum atomic E-state index is 11.9. The first-order chi connectivity index (χ1) is 12.0. The molecular weight excluding hydrogens is 365 g/mol. The molecule has 0 radical (unpaired) electrons. The van der Waals surface area contributed by atoms with Crippen LogP contribution in [0.25, 0.3) is 11.5 Å². The van der Waals surface area contributed by atoms with Gasteiger partial charge in [0, 0.05) is 18.2 Å². The molecule has 6 nitrogen and oxygen atoms in total. The number of halogens is 2. The molecule has 128 valence electrons. The predicted molar refractivity (Wildman–Crippen MR) is 95.1 cm³/mol. The van der Waals surface area contributed by atoms with Gasteiger partial charge in [-0.05, 0) is 42.5 Å². The Kier molecular flexibility index (Phi) is 5.21. The zero-order valence-corrected chi connectivity index (χ0v) is 14.6. The van der Waals surface area contributed by atoms with Crippen molar-refractivity contribution in [2.24, 2.45) is 0 Å². The highest BCUT2D eigenvalue weighted by atomic mass is 35.5. The highest BCUT2D eigenvalue weighted by Gasteiger charge is 2.08.